The lowest BCUT2D eigenvalue weighted by atomic mass is 9.89. The van der Waals surface area contributed by atoms with Crippen LogP contribution in [0.1, 0.15) is 52.4 Å². The highest BCUT2D eigenvalue weighted by atomic mass is 15.3. The molecule has 1 heterocycles. The lowest BCUT2D eigenvalue weighted by Gasteiger charge is -2.48. The molecule has 0 aromatic rings. The molecular weight excluding hydrogens is 246 g/mol. The fraction of sp³-hybridized carbons (Fsp3) is 1.00. The molecule has 1 saturated heterocycles. The van der Waals surface area contributed by atoms with Crippen LogP contribution < -0.4 is 5.32 Å². The van der Waals surface area contributed by atoms with Crippen molar-refractivity contribution in [3.8, 4) is 0 Å². The average molecular weight is 281 g/mol. The molecule has 0 aromatic carbocycles. The fourth-order valence-electron chi connectivity index (χ4n) is 4.04. The third-order valence-electron chi connectivity index (χ3n) is 5.29. The second-order valence-corrected chi connectivity index (χ2v) is 7.66. The molecule has 1 spiro atoms. The number of rotatable bonds is 6. The monoisotopic (exact) mass is 281 g/mol. The van der Waals surface area contributed by atoms with E-state index < -0.39 is 0 Å². The largest absolute Gasteiger partial charge is 0.309 e. The standard InChI is InChI=1S/C17H35N3/c1-15(2)16-13-18-17(9-5-6-10-17)14-20(16)12-8-7-11-19(3)4/h15-16,18H,5-14H2,1-4H3. The minimum absolute atomic E-state index is 0.465. The zero-order chi connectivity index (χ0) is 14.6. The third-order valence-corrected chi connectivity index (χ3v) is 5.29. The van der Waals surface area contributed by atoms with Gasteiger partial charge in [0, 0.05) is 24.7 Å². The summed E-state index contributed by atoms with van der Waals surface area (Å²) in [6, 6.07) is 0.737. The van der Waals surface area contributed by atoms with Gasteiger partial charge in [0.05, 0.1) is 0 Å². The van der Waals surface area contributed by atoms with Crippen molar-refractivity contribution in [2.45, 2.75) is 64.0 Å². The van der Waals surface area contributed by atoms with Crippen LogP contribution in [0.2, 0.25) is 0 Å². The highest BCUT2D eigenvalue weighted by Crippen LogP contribution is 2.34. The number of nitrogens with one attached hydrogen (secondary N) is 1. The van der Waals surface area contributed by atoms with E-state index in [0.29, 0.717) is 5.54 Å². The summed E-state index contributed by atoms with van der Waals surface area (Å²) in [6.07, 6.45) is 8.31. The molecule has 1 N–H and O–H groups in total. The van der Waals surface area contributed by atoms with Crippen LogP contribution in [0.4, 0.5) is 0 Å². The average Bonchev–Trinajstić information content (AvgIpc) is 2.82. The maximum Gasteiger partial charge on any atom is 0.0309 e. The number of hydrogen-bond acceptors (Lipinski definition) is 3. The van der Waals surface area contributed by atoms with Crippen molar-refractivity contribution in [3.63, 3.8) is 0 Å². The summed E-state index contributed by atoms with van der Waals surface area (Å²) in [5, 5.41) is 3.91. The van der Waals surface area contributed by atoms with Crippen LogP contribution in [0, 0.1) is 5.92 Å². The molecule has 1 atom stereocenters. The van der Waals surface area contributed by atoms with Gasteiger partial charge < -0.3 is 10.2 Å². The van der Waals surface area contributed by atoms with Gasteiger partial charge in [0.2, 0.25) is 0 Å². The number of hydrogen-bond donors (Lipinski definition) is 1. The second kappa shape index (κ2) is 7.24. The van der Waals surface area contributed by atoms with Crippen LogP contribution in [-0.2, 0) is 0 Å². The predicted octanol–water partition coefficient (Wildman–Crippen LogP) is 2.57. The minimum atomic E-state index is 0.465. The normalized spacial score (nSPS) is 27.0. The molecule has 0 bridgehead atoms. The Hall–Kier alpha value is -0.120. The van der Waals surface area contributed by atoms with Crippen LogP contribution in [0.15, 0.2) is 0 Å². The van der Waals surface area contributed by atoms with Gasteiger partial charge >= 0.3 is 0 Å². The Balaban J connectivity index is 1.86. The molecule has 0 aromatic heterocycles. The van der Waals surface area contributed by atoms with E-state index in [1.54, 1.807) is 0 Å². The summed E-state index contributed by atoms with van der Waals surface area (Å²) < 4.78 is 0. The van der Waals surface area contributed by atoms with Crippen molar-refractivity contribution in [2.24, 2.45) is 5.92 Å². The molecule has 1 saturated carbocycles. The van der Waals surface area contributed by atoms with Crippen molar-refractivity contribution in [1.29, 1.82) is 0 Å². The molecule has 3 heteroatoms. The summed E-state index contributed by atoms with van der Waals surface area (Å²) in [7, 11) is 4.35. The second-order valence-electron chi connectivity index (χ2n) is 7.66. The zero-order valence-corrected chi connectivity index (χ0v) is 14.1. The maximum atomic E-state index is 3.91. The van der Waals surface area contributed by atoms with Gasteiger partial charge in [0.1, 0.15) is 0 Å². The van der Waals surface area contributed by atoms with Crippen molar-refractivity contribution >= 4 is 0 Å². The van der Waals surface area contributed by atoms with E-state index in [9.17, 15) is 0 Å². The first kappa shape index (κ1) is 16.3. The molecule has 1 aliphatic heterocycles. The van der Waals surface area contributed by atoms with Gasteiger partial charge in [-0.15, -0.1) is 0 Å². The summed E-state index contributed by atoms with van der Waals surface area (Å²) in [4.78, 5) is 5.11. The fourth-order valence-corrected chi connectivity index (χ4v) is 4.04. The Labute approximate surface area is 126 Å². The molecule has 20 heavy (non-hydrogen) atoms. The molecule has 2 rings (SSSR count). The van der Waals surface area contributed by atoms with E-state index in [0.717, 1.165) is 12.0 Å². The van der Waals surface area contributed by atoms with Gasteiger partial charge in [-0.3, -0.25) is 4.90 Å². The number of piperazine rings is 1. The zero-order valence-electron chi connectivity index (χ0n) is 14.1. The van der Waals surface area contributed by atoms with E-state index in [4.69, 9.17) is 0 Å². The maximum absolute atomic E-state index is 3.91. The Morgan fingerprint density at radius 3 is 2.50 bits per heavy atom. The van der Waals surface area contributed by atoms with Crippen LogP contribution in [-0.4, -0.2) is 61.7 Å². The van der Waals surface area contributed by atoms with Crippen LogP contribution in [0.3, 0.4) is 0 Å². The lowest BCUT2D eigenvalue weighted by molar-refractivity contribution is 0.0553. The molecular formula is C17H35N3. The highest BCUT2D eigenvalue weighted by molar-refractivity contribution is 5.01. The van der Waals surface area contributed by atoms with Crippen LogP contribution >= 0.6 is 0 Å². The SMILES string of the molecule is CC(C)C1CNC2(CCCC2)CN1CCCCN(C)C. The molecule has 0 radical (unpaired) electrons. The van der Waals surface area contributed by atoms with Gasteiger partial charge in [-0.1, -0.05) is 26.7 Å². The quantitative estimate of drug-likeness (QED) is 0.755. The minimum Gasteiger partial charge on any atom is -0.309 e. The summed E-state index contributed by atoms with van der Waals surface area (Å²) in [5.41, 5.74) is 0.465. The summed E-state index contributed by atoms with van der Waals surface area (Å²) >= 11 is 0. The van der Waals surface area contributed by atoms with Gasteiger partial charge in [-0.05, 0) is 58.8 Å². The topological polar surface area (TPSA) is 18.5 Å². The Bertz CT molecular complexity index is 282. The first-order valence-corrected chi connectivity index (χ1v) is 8.66. The van der Waals surface area contributed by atoms with E-state index >= 15 is 0 Å². The molecule has 3 nitrogen and oxygen atoms in total. The van der Waals surface area contributed by atoms with E-state index in [-0.39, 0.29) is 0 Å². The van der Waals surface area contributed by atoms with Gasteiger partial charge in [0.15, 0.2) is 0 Å². The van der Waals surface area contributed by atoms with Gasteiger partial charge in [-0.25, -0.2) is 0 Å². The Kier molecular flexibility index (Phi) is 5.88. The number of nitrogens with zero attached hydrogens (tertiary/aromatic N) is 2. The van der Waals surface area contributed by atoms with Crippen molar-refractivity contribution in [3.05, 3.63) is 0 Å². The van der Waals surface area contributed by atoms with E-state index in [1.165, 1.54) is 64.7 Å². The van der Waals surface area contributed by atoms with Crippen LogP contribution in [0.25, 0.3) is 0 Å². The third kappa shape index (κ3) is 4.19. The molecule has 1 aliphatic carbocycles. The van der Waals surface area contributed by atoms with Crippen molar-refractivity contribution in [2.75, 3.05) is 40.3 Å². The van der Waals surface area contributed by atoms with Gasteiger partial charge in [0.25, 0.3) is 0 Å². The van der Waals surface area contributed by atoms with E-state index in [1.807, 2.05) is 0 Å². The van der Waals surface area contributed by atoms with Gasteiger partial charge in [-0.2, -0.15) is 0 Å². The molecule has 2 aliphatic rings. The summed E-state index contributed by atoms with van der Waals surface area (Å²) in [5.74, 6) is 0.759. The van der Waals surface area contributed by atoms with Crippen LogP contribution in [0.5, 0.6) is 0 Å². The van der Waals surface area contributed by atoms with Crippen molar-refractivity contribution < 1.29 is 0 Å². The summed E-state index contributed by atoms with van der Waals surface area (Å²) in [6.45, 7) is 9.77. The Morgan fingerprint density at radius 2 is 1.90 bits per heavy atom. The molecule has 2 fully saturated rings. The molecule has 1 unspecified atom stereocenters. The van der Waals surface area contributed by atoms with E-state index in [2.05, 4.69) is 43.1 Å². The smallest absolute Gasteiger partial charge is 0.0309 e. The number of unbranched alkanes of at least 4 members (excludes halogenated alkanes) is 1. The molecule has 118 valence electrons. The predicted molar refractivity (Wildman–Crippen MR) is 87.2 cm³/mol. The first-order valence-electron chi connectivity index (χ1n) is 8.66. The molecule has 0 amide bonds. The lowest BCUT2D eigenvalue weighted by Crippen LogP contribution is -2.64. The van der Waals surface area contributed by atoms with Crippen molar-refractivity contribution in [1.82, 2.24) is 15.1 Å². The Morgan fingerprint density at radius 1 is 1.20 bits per heavy atom. The highest BCUT2D eigenvalue weighted by Gasteiger charge is 2.41. The first-order chi connectivity index (χ1) is 9.52.